The number of rotatable bonds is 1. The lowest BCUT2D eigenvalue weighted by molar-refractivity contribution is 0.577. The summed E-state index contributed by atoms with van der Waals surface area (Å²) in [6.45, 7) is 1.76. The fourth-order valence-corrected chi connectivity index (χ4v) is 1.79. The van der Waals surface area contributed by atoms with Crippen molar-refractivity contribution >= 4 is 18.2 Å². The molecule has 4 nitrogen and oxygen atoms in total. The molecule has 0 fully saturated rings. The van der Waals surface area contributed by atoms with Crippen LogP contribution < -0.4 is 5.32 Å². The van der Waals surface area contributed by atoms with Crippen LogP contribution in [0.5, 0.6) is 0 Å². The smallest absolute Gasteiger partial charge is 0.130 e. The van der Waals surface area contributed by atoms with Gasteiger partial charge in [0.05, 0.1) is 19.1 Å². The number of hydrogen-bond acceptors (Lipinski definition) is 4. The van der Waals surface area contributed by atoms with Gasteiger partial charge in [0.2, 0.25) is 0 Å². The molecule has 2 aliphatic heterocycles. The monoisotopic (exact) mass is 212 g/mol. The summed E-state index contributed by atoms with van der Waals surface area (Å²) >= 11 is 0. The molecule has 3 rings (SSSR count). The molecule has 1 aromatic rings. The fourth-order valence-electron chi connectivity index (χ4n) is 1.79. The molecular formula is C12H12N4. The molecule has 0 spiro atoms. The Bertz CT molecular complexity index is 488. The van der Waals surface area contributed by atoms with E-state index in [2.05, 4.69) is 20.2 Å². The van der Waals surface area contributed by atoms with Gasteiger partial charge in [-0.3, -0.25) is 9.98 Å². The van der Waals surface area contributed by atoms with Crippen LogP contribution in [0.4, 0.5) is 5.69 Å². The van der Waals surface area contributed by atoms with Gasteiger partial charge in [0, 0.05) is 24.0 Å². The maximum atomic E-state index is 4.29. The normalized spacial score (nSPS) is 17.8. The summed E-state index contributed by atoms with van der Waals surface area (Å²) < 4.78 is 0. The van der Waals surface area contributed by atoms with Gasteiger partial charge in [-0.1, -0.05) is 18.2 Å². The number of hydrogen-bond donors (Lipinski definition) is 1. The zero-order chi connectivity index (χ0) is 10.8. The summed E-state index contributed by atoms with van der Waals surface area (Å²) in [7, 11) is 0. The first kappa shape index (κ1) is 9.15. The van der Waals surface area contributed by atoms with Crippen LogP contribution in [0.25, 0.3) is 0 Å². The van der Waals surface area contributed by atoms with Crippen LogP contribution in [0.1, 0.15) is 5.56 Å². The highest BCUT2D eigenvalue weighted by atomic mass is 15.3. The standard InChI is InChI=1S/C12H12N4/c1-2-4-11-10(3-1)7-14-8-12(15-11)16-6-5-13-9-16/h1-4,7-9,15H,5-6H2. The number of nitrogens with one attached hydrogen (secondary N) is 1. The molecule has 0 saturated heterocycles. The number of aliphatic imine (C=N–C) groups is 2. The van der Waals surface area contributed by atoms with Crippen molar-refractivity contribution in [2.24, 2.45) is 9.98 Å². The van der Waals surface area contributed by atoms with Gasteiger partial charge in [-0.15, -0.1) is 0 Å². The van der Waals surface area contributed by atoms with Crippen molar-refractivity contribution in [1.29, 1.82) is 0 Å². The average Bonchev–Trinajstić information content (AvgIpc) is 2.75. The molecular weight excluding hydrogens is 200 g/mol. The molecule has 0 bridgehead atoms. The number of anilines is 1. The van der Waals surface area contributed by atoms with Gasteiger partial charge in [-0.2, -0.15) is 0 Å². The number of fused-ring (bicyclic) bond motifs is 1. The first-order valence-electron chi connectivity index (χ1n) is 5.29. The minimum absolute atomic E-state index is 0.852. The largest absolute Gasteiger partial charge is 0.340 e. The summed E-state index contributed by atoms with van der Waals surface area (Å²) in [5.74, 6) is 0.974. The Morgan fingerprint density at radius 2 is 2.19 bits per heavy atom. The van der Waals surface area contributed by atoms with E-state index in [4.69, 9.17) is 0 Å². The number of nitrogens with zero attached hydrogens (tertiary/aromatic N) is 3. The highest BCUT2D eigenvalue weighted by Gasteiger charge is 2.13. The first-order chi connectivity index (χ1) is 7.93. The molecule has 1 aromatic carbocycles. The van der Waals surface area contributed by atoms with Crippen molar-refractivity contribution in [3.8, 4) is 0 Å². The van der Waals surface area contributed by atoms with E-state index < -0.39 is 0 Å². The van der Waals surface area contributed by atoms with E-state index in [1.54, 1.807) is 0 Å². The summed E-state index contributed by atoms with van der Waals surface area (Å²) in [5.41, 5.74) is 2.18. The van der Waals surface area contributed by atoms with Crippen LogP contribution in [-0.2, 0) is 0 Å². The van der Waals surface area contributed by atoms with Crippen LogP contribution in [0.2, 0.25) is 0 Å². The minimum Gasteiger partial charge on any atom is -0.340 e. The van der Waals surface area contributed by atoms with E-state index in [1.807, 2.05) is 43.0 Å². The third kappa shape index (κ3) is 1.58. The van der Waals surface area contributed by atoms with Crippen LogP contribution >= 0.6 is 0 Å². The highest BCUT2D eigenvalue weighted by molar-refractivity contribution is 5.89. The topological polar surface area (TPSA) is 40.0 Å². The molecule has 2 heterocycles. The Hall–Kier alpha value is -2.10. The van der Waals surface area contributed by atoms with Gasteiger partial charge in [0.15, 0.2) is 0 Å². The van der Waals surface area contributed by atoms with E-state index in [-0.39, 0.29) is 0 Å². The predicted octanol–water partition coefficient (Wildman–Crippen LogP) is 1.67. The van der Waals surface area contributed by atoms with Crippen LogP contribution in [-0.4, -0.2) is 30.5 Å². The molecule has 0 unspecified atom stereocenters. The quantitative estimate of drug-likeness (QED) is 0.769. The van der Waals surface area contributed by atoms with Crippen molar-refractivity contribution < 1.29 is 0 Å². The molecule has 0 amide bonds. The molecule has 4 heteroatoms. The Kier molecular flexibility index (Phi) is 2.18. The van der Waals surface area contributed by atoms with Gasteiger partial charge >= 0.3 is 0 Å². The third-order valence-corrected chi connectivity index (χ3v) is 2.63. The Morgan fingerprint density at radius 3 is 3.06 bits per heavy atom. The van der Waals surface area contributed by atoms with E-state index in [9.17, 15) is 0 Å². The third-order valence-electron chi connectivity index (χ3n) is 2.63. The Balaban J connectivity index is 1.93. The van der Waals surface area contributed by atoms with Gasteiger partial charge in [0.1, 0.15) is 5.82 Å². The maximum Gasteiger partial charge on any atom is 0.130 e. The zero-order valence-electron chi connectivity index (χ0n) is 8.80. The fraction of sp³-hybridized carbons (Fsp3) is 0.167. The average molecular weight is 212 g/mol. The van der Waals surface area contributed by atoms with Crippen molar-refractivity contribution in [2.45, 2.75) is 0 Å². The molecule has 1 N–H and O–H groups in total. The van der Waals surface area contributed by atoms with Crippen molar-refractivity contribution in [3.05, 3.63) is 41.8 Å². The molecule has 80 valence electrons. The second-order valence-electron chi connectivity index (χ2n) is 3.72. The molecule has 0 atom stereocenters. The summed E-state index contributed by atoms with van der Waals surface area (Å²) in [4.78, 5) is 10.5. The van der Waals surface area contributed by atoms with Crippen molar-refractivity contribution in [3.63, 3.8) is 0 Å². The van der Waals surface area contributed by atoms with Crippen molar-refractivity contribution in [2.75, 3.05) is 18.4 Å². The Labute approximate surface area is 94.0 Å². The lowest BCUT2D eigenvalue weighted by Gasteiger charge is -2.18. The molecule has 0 aliphatic carbocycles. The second-order valence-corrected chi connectivity index (χ2v) is 3.72. The van der Waals surface area contributed by atoms with Crippen molar-refractivity contribution in [1.82, 2.24) is 4.90 Å². The van der Waals surface area contributed by atoms with E-state index in [0.717, 1.165) is 30.2 Å². The number of benzene rings is 1. The summed E-state index contributed by atoms with van der Waals surface area (Å²) in [5, 5.41) is 3.37. The predicted molar refractivity (Wildman–Crippen MR) is 65.8 cm³/mol. The molecule has 0 aromatic heterocycles. The molecule has 0 radical (unpaired) electrons. The van der Waals surface area contributed by atoms with Gasteiger partial charge in [-0.05, 0) is 6.07 Å². The Morgan fingerprint density at radius 1 is 1.25 bits per heavy atom. The lowest BCUT2D eigenvalue weighted by Crippen LogP contribution is -2.24. The zero-order valence-corrected chi connectivity index (χ0v) is 8.80. The maximum absolute atomic E-state index is 4.29. The van der Waals surface area contributed by atoms with Crippen LogP contribution in [0, 0.1) is 0 Å². The van der Waals surface area contributed by atoms with E-state index in [1.165, 1.54) is 0 Å². The molecule has 16 heavy (non-hydrogen) atoms. The summed E-state index contributed by atoms with van der Waals surface area (Å²) in [6, 6.07) is 8.12. The van der Waals surface area contributed by atoms with E-state index >= 15 is 0 Å². The van der Waals surface area contributed by atoms with Crippen LogP contribution in [0.15, 0.2) is 46.3 Å². The SMILES string of the molecule is C1=NC=C(N2C=NCC2)Nc2ccccc21. The van der Waals surface area contributed by atoms with Gasteiger partial charge in [-0.25, -0.2) is 0 Å². The van der Waals surface area contributed by atoms with Crippen LogP contribution in [0.3, 0.4) is 0 Å². The molecule has 2 aliphatic rings. The van der Waals surface area contributed by atoms with Gasteiger partial charge < -0.3 is 10.2 Å². The van der Waals surface area contributed by atoms with E-state index in [0.29, 0.717) is 0 Å². The minimum atomic E-state index is 0.852. The molecule has 0 saturated carbocycles. The lowest BCUT2D eigenvalue weighted by atomic mass is 10.2. The first-order valence-corrected chi connectivity index (χ1v) is 5.29. The van der Waals surface area contributed by atoms with Gasteiger partial charge in [0.25, 0.3) is 0 Å². The summed E-state index contributed by atoms with van der Waals surface area (Å²) in [6.07, 6.45) is 5.54. The highest BCUT2D eigenvalue weighted by Crippen LogP contribution is 2.19. The second kappa shape index (κ2) is 3.81. The number of para-hydroxylation sites is 1.